The standard InChI is InChI=1S/C15H14BrN3O3/c16-12-6-7-13(14(10-12)19(21)22)17-8-9-18-15(20)11-4-2-1-3-5-11/h1-7,10,17H,8-9H2,(H,18,20). The molecule has 0 atom stereocenters. The van der Waals surface area contributed by atoms with Crippen molar-refractivity contribution in [1.82, 2.24) is 5.32 Å². The van der Waals surface area contributed by atoms with Crippen molar-refractivity contribution in [3.63, 3.8) is 0 Å². The zero-order valence-electron chi connectivity index (χ0n) is 11.6. The summed E-state index contributed by atoms with van der Waals surface area (Å²) in [7, 11) is 0. The van der Waals surface area contributed by atoms with E-state index in [0.717, 1.165) is 0 Å². The highest BCUT2D eigenvalue weighted by molar-refractivity contribution is 9.10. The average molecular weight is 364 g/mol. The van der Waals surface area contributed by atoms with Gasteiger partial charge in [-0.05, 0) is 24.3 Å². The van der Waals surface area contributed by atoms with Gasteiger partial charge in [0.1, 0.15) is 5.69 Å². The topological polar surface area (TPSA) is 84.3 Å². The fourth-order valence-corrected chi connectivity index (χ4v) is 2.22. The van der Waals surface area contributed by atoms with Crippen LogP contribution in [-0.2, 0) is 0 Å². The number of carbonyl (C=O) groups excluding carboxylic acids is 1. The Kier molecular flexibility index (Phi) is 5.48. The van der Waals surface area contributed by atoms with Gasteiger partial charge in [-0.25, -0.2) is 0 Å². The summed E-state index contributed by atoms with van der Waals surface area (Å²) in [6.45, 7) is 0.752. The van der Waals surface area contributed by atoms with Crippen LogP contribution in [0.1, 0.15) is 10.4 Å². The molecule has 2 aromatic rings. The lowest BCUT2D eigenvalue weighted by atomic mass is 10.2. The molecular weight excluding hydrogens is 350 g/mol. The van der Waals surface area contributed by atoms with Crippen LogP contribution in [0.3, 0.4) is 0 Å². The first-order valence-electron chi connectivity index (χ1n) is 6.59. The van der Waals surface area contributed by atoms with Crippen LogP contribution in [-0.4, -0.2) is 23.9 Å². The van der Waals surface area contributed by atoms with Crippen LogP contribution in [0.2, 0.25) is 0 Å². The third-order valence-corrected chi connectivity index (χ3v) is 3.41. The minimum Gasteiger partial charge on any atom is -0.378 e. The number of carbonyl (C=O) groups is 1. The van der Waals surface area contributed by atoms with Gasteiger partial charge in [0.25, 0.3) is 11.6 Å². The smallest absolute Gasteiger partial charge is 0.293 e. The molecule has 7 heteroatoms. The Morgan fingerprint density at radius 2 is 1.86 bits per heavy atom. The second kappa shape index (κ2) is 7.56. The third-order valence-electron chi connectivity index (χ3n) is 2.92. The van der Waals surface area contributed by atoms with E-state index < -0.39 is 4.92 Å². The van der Waals surface area contributed by atoms with E-state index >= 15 is 0 Å². The maximum Gasteiger partial charge on any atom is 0.293 e. The van der Waals surface area contributed by atoms with E-state index in [1.54, 1.807) is 36.4 Å². The Morgan fingerprint density at radius 3 is 2.55 bits per heavy atom. The van der Waals surface area contributed by atoms with E-state index in [0.29, 0.717) is 28.8 Å². The highest BCUT2D eigenvalue weighted by atomic mass is 79.9. The third kappa shape index (κ3) is 4.29. The molecule has 0 spiro atoms. The number of halogens is 1. The summed E-state index contributed by atoms with van der Waals surface area (Å²) in [6, 6.07) is 13.6. The van der Waals surface area contributed by atoms with Crippen molar-refractivity contribution in [1.29, 1.82) is 0 Å². The molecule has 6 nitrogen and oxygen atoms in total. The van der Waals surface area contributed by atoms with Gasteiger partial charge in [0, 0.05) is 29.2 Å². The Bertz CT molecular complexity index is 677. The molecule has 114 valence electrons. The van der Waals surface area contributed by atoms with E-state index in [1.165, 1.54) is 6.07 Å². The van der Waals surface area contributed by atoms with Crippen molar-refractivity contribution in [2.45, 2.75) is 0 Å². The van der Waals surface area contributed by atoms with E-state index in [9.17, 15) is 14.9 Å². The fourth-order valence-electron chi connectivity index (χ4n) is 1.87. The Labute approximate surface area is 135 Å². The van der Waals surface area contributed by atoms with Gasteiger partial charge < -0.3 is 10.6 Å². The van der Waals surface area contributed by atoms with Crippen molar-refractivity contribution in [3.05, 3.63) is 68.7 Å². The zero-order valence-corrected chi connectivity index (χ0v) is 13.2. The molecular formula is C15H14BrN3O3. The second-order valence-corrected chi connectivity index (χ2v) is 5.38. The summed E-state index contributed by atoms with van der Waals surface area (Å²) >= 11 is 3.20. The summed E-state index contributed by atoms with van der Waals surface area (Å²) in [5.41, 5.74) is 0.989. The van der Waals surface area contributed by atoms with Crippen molar-refractivity contribution in [2.24, 2.45) is 0 Å². The number of benzene rings is 2. The Morgan fingerprint density at radius 1 is 1.14 bits per heavy atom. The first-order valence-corrected chi connectivity index (χ1v) is 7.38. The molecule has 0 saturated heterocycles. The number of amides is 1. The van der Waals surface area contributed by atoms with Crippen LogP contribution >= 0.6 is 15.9 Å². The maximum atomic E-state index is 11.8. The summed E-state index contributed by atoms with van der Waals surface area (Å²) in [4.78, 5) is 22.3. The van der Waals surface area contributed by atoms with Crippen LogP contribution in [0.15, 0.2) is 53.0 Å². The number of rotatable bonds is 6. The quantitative estimate of drug-likeness (QED) is 0.468. The number of nitrogens with zero attached hydrogens (tertiary/aromatic N) is 1. The SMILES string of the molecule is O=C(NCCNc1ccc(Br)cc1[N+](=O)[O-])c1ccccc1. The molecule has 0 heterocycles. The molecule has 0 unspecified atom stereocenters. The highest BCUT2D eigenvalue weighted by Crippen LogP contribution is 2.27. The van der Waals surface area contributed by atoms with E-state index in [-0.39, 0.29) is 11.6 Å². The molecule has 22 heavy (non-hydrogen) atoms. The number of nitro benzene ring substituents is 1. The van der Waals surface area contributed by atoms with Gasteiger partial charge in [0.05, 0.1) is 4.92 Å². The minimum absolute atomic E-state index is 0.0104. The number of nitro groups is 1. The van der Waals surface area contributed by atoms with E-state index in [4.69, 9.17) is 0 Å². The van der Waals surface area contributed by atoms with Crippen LogP contribution in [0.25, 0.3) is 0 Å². The maximum absolute atomic E-state index is 11.8. The summed E-state index contributed by atoms with van der Waals surface area (Å²) in [5.74, 6) is -0.173. The molecule has 0 fully saturated rings. The lowest BCUT2D eigenvalue weighted by Gasteiger charge is -2.08. The monoisotopic (exact) mass is 363 g/mol. The first kappa shape index (κ1) is 16.0. The predicted molar refractivity (Wildman–Crippen MR) is 88.1 cm³/mol. The number of hydrogen-bond donors (Lipinski definition) is 2. The molecule has 0 aliphatic carbocycles. The Balaban J connectivity index is 1.87. The van der Waals surface area contributed by atoms with Crippen molar-refractivity contribution >= 4 is 33.2 Å². The van der Waals surface area contributed by atoms with Crippen LogP contribution in [0.5, 0.6) is 0 Å². The van der Waals surface area contributed by atoms with Gasteiger partial charge in [-0.2, -0.15) is 0 Å². The molecule has 0 aromatic heterocycles. The average Bonchev–Trinajstić information content (AvgIpc) is 2.53. The van der Waals surface area contributed by atoms with Crippen LogP contribution < -0.4 is 10.6 Å². The van der Waals surface area contributed by atoms with Gasteiger partial charge in [-0.1, -0.05) is 34.1 Å². The van der Waals surface area contributed by atoms with E-state index in [1.807, 2.05) is 6.07 Å². The fraction of sp³-hybridized carbons (Fsp3) is 0.133. The molecule has 2 aromatic carbocycles. The number of anilines is 1. The summed E-state index contributed by atoms with van der Waals surface area (Å²) in [5, 5.41) is 16.7. The van der Waals surface area contributed by atoms with Gasteiger partial charge in [-0.3, -0.25) is 14.9 Å². The van der Waals surface area contributed by atoms with E-state index in [2.05, 4.69) is 26.6 Å². The van der Waals surface area contributed by atoms with Gasteiger partial charge in [0.15, 0.2) is 0 Å². The molecule has 2 rings (SSSR count). The molecule has 0 bridgehead atoms. The molecule has 0 radical (unpaired) electrons. The van der Waals surface area contributed by atoms with Gasteiger partial charge in [0.2, 0.25) is 0 Å². The molecule has 0 aliphatic rings. The van der Waals surface area contributed by atoms with Crippen molar-refractivity contribution in [3.8, 4) is 0 Å². The second-order valence-electron chi connectivity index (χ2n) is 4.47. The zero-order chi connectivity index (χ0) is 15.9. The first-order chi connectivity index (χ1) is 10.6. The molecule has 2 N–H and O–H groups in total. The summed E-state index contributed by atoms with van der Waals surface area (Å²) < 4.78 is 0.641. The summed E-state index contributed by atoms with van der Waals surface area (Å²) in [6.07, 6.45) is 0. The highest BCUT2D eigenvalue weighted by Gasteiger charge is 2.13. The van der Waals surface area contributed by atoms with Crippen LogP contribution in [0.4, 0.5) is 11.4 Å². The predicted octanol–water partition coefficient (Wildman–Crippen LogP) is 3.20. The molecule has 0 aliphatic heterocycles. The number of nitrogens with one attached hydrogen (secondary N) is 2. The van der Waals surface area contributed by atoms with Gasteiger partial charge in [-0.15, -0.1) is 0 Å². The largest absolute Gasteiger partial charge is 0.378 e. The van der Waals surface area contributed by atoms with Crippen molar-refractivity contribution < 1.29 is 9.72 Å². The van der Waals surface area contributed by atoms with Crippen LogP contribution in [0, 0.1) is 10.1 Å². The molecule has 1 amide bonds. The van der Waals surface area contributed by atoms with Crippen molar-refractivity contribution in [2.75, 3.05) is 18.4 Å². The normalized spacial score (nSPS) is 10.0. The van der Waals surface area contributed by atoms with Gasteiger partial charge >= 0.3 is 0 Å². The number of hydrogen-bond acceptors (Lipinski definition) is 4. The molecule has 0 saturated carbocycles. The lowest BCUT2D eigenvalue weighted by molar-refractivity contribution is -0.384. The minimum atomic E-state index is -0.449. The Hall–Kier alpha value is -2.41. The lowest BCUT2D eigenvalue weighted by Crippen LogP contribution is -2.28.